The third kappa shape index (κ3) is 3.57. The van der Waals surface area contributed by atoms with Crippen molar-refractivity contribution in [1.82, 2.24) is 4.98 Å². The molecule has 0 saturated carbocycles. The molecule has 0 bridgehead atoms. The molecular formula is C15H18N2O. The van der Waals surface area contributed by atoms with Gasteiger partial charge in [0.15, 0.2) is 0 Å². The minimum Gasteiger partial charge on any atom is -0.492 e. The topological polar surface area (TPSA) is 48.1 Å². The zero-order valence-electron chi connectivity index (χ0n) is 10.5. The Morgan fingerprint density at radius 3 is 2.56 bits per heavy atom. The zero-order valence-corrected chi connectivity index (χ0v) is 10.5. The van der Waals surface area contributed by atoms with E-state index in [1.165, 1.54) is 5.56 Å². The van der Waals surface area contributed by atoms with Crippen LogP contribution in [0.4, 0.5) is 0 Å². The Morgan fingerprint density at radius 1 is 1.17 bits per heavy atom. The van der Waals surface area contributed by atoms with Crippen molar-refractivity contribution in [2.24, 2.45) is 5.73 Å². The van der Waals surface area contributed by atoms with E-state index in [1.807, 2.05) is 37.3 Å². The van der Waals surface area contributed by atoms with E-state index in [4.69, 9.17) is 10.5 Å². The number of rotatable bonds is 5. The summed E-state index contributed by atoms with van der Waals surface area (Å²) in [6.07, 6.45) is 2.62. The molecule has 1 aromatic carbocycles. The van der Waals surface area contributed by atoms with Crippen LogP contribution in [0.25, 0.3) is 0 Å². The molecule has 1 atom stereocenters. The second-order valence-electron chi connectivity index (χ2n) is 4.29. The van der Waals surface area contributed by atoms with E-state index in [-0.39, 0.29) is 6.04 Å². The van der Waals surface area contributed by atoms with E-state index < -0.39 is 0 Å². The van der Waals surface area contributed by atoms with Gasteiger partial charge in [-0.05, 0) is 24.6 Å². The molecule has 3 nitrogen and oxygen atoms in total. The van der Waals surface area contributed by atoms with Crippen LogP contribution in [-0.4, -0.2) is 11.6 Å². The molecule has 2 aromatic rings. The van der Waals surface area contributed by atoms with Gasteiger partial charge in [-0.1, -0.05) is 30.3 Å². The van der Waals surface area contributed by atoms with Gasteiger partial charge in [-0.2, -0.15) is 0 Å². The van der Waals surface area contributed by atoms with Crippen molar-refractivity contribution >= 4 is 0 Å². The van der Waals surface area contributed by atoms with Crippen LogP contribution in [0, 0.1) is 0 Å². The molecule has 2 rings (SSSR count). The average molecular weight is 242 g/mol. The quantitative estimate of drug-likeness (QED) is 0.877. The number of nitrogens with two attached hydrogens (primary N) is 1. The number of nitrogens with zero attached hydrogens (tertiary/aromatic N) is 1. The first-order valence-corrected chi connectivity index (χ1v) is 6.14. The molecule has 1 unspecified atom stereocenters. The highest BCUT2D eigenvalue weighted by Gasteiger charge is 2.01. The van der Waals surface area contributed by atoms with Crippen LogP contribution in [0.2, 0.25) is 0 Å². The molecule has 2 N–H and O–H groups in total. The standard InChI is InChI=1S/C15H18N2O/c1-12(16)15-8-7-14(11-17-15)18-10-9-13-5-3-2-4-6-13/h2-8,11-12H,9-10,16H2,1H3. The molecule has 0 spiro atoms. The van der Waals surface area contributed by atoms with E-state index in [9.17, 15) is 0 Å². The second-order valence-corrected chi connectivity index (χ2v) is 4.29. The van der Waals surface area contributed by atoms with Crippen LogP contribution in [0.1, 0.15) is 24.2 Å². The lowest BCUT2D eigenvalue weighted by atomic mass is 10.2. The lowest BCUT2D eigenvalue weighted by Crippen LogP contribution is -2.07. The molecule has 0 aliphatic rings. The summed E-state index contributed by atoms with van der Waals surface area (Å²) in [5.74, 6) is 0.787. The third-order valence-corrected chi connectivity index (χ3v) is 2.73. The fourth-order valence-electron chi connectivity index (χ4n) is 1.68. The third-order valence-electron chi connectivity index (χ3n) is 2.73. The molecule has 0 aliphatic carbocycles. The van der Waals surface area contributed by atoms with Crippen molar-refractivity contribution in [2.45, 2.75) is 19.4 Å². The highest BCUT2D eigenvalue weighted by molar-refractivity contribution is 5.21. The van der Waals surface area contributed by atoms with Crippen LogP contribution in [0.5, 0.6) is 5.75 Å². The van der Waals surface area contributed by atoms with Crippen LogP contribution in [0.3, 0.4) is 0 Å². The van der Waals surface area contributed by atoms with E-state index >= 15 is 0 Å². The summed E-state index contributed by atoms with van der Waals surface area (Å²) in [6.45, 7) is 2.57. The first-order chi connectivity index (χ1) is 8.75. The van der Waals surface area contributed by atoms with Crippen LogP contribution in [0.15, 0.2) is 48.7 Å². The summed E-state index contributed by atoms with van der Waals surface area (Å²) < 4.78 is 5.64. The summed E-state index contributed by atoms with van der Waals surface area (Å²) in [6, 6.07) is 14.1. The SMILES string of the molecule is CC(N)c1ccc(OCCc2ccccc2)cn1. The van der Waals surface area contributed by atoms with E-state index in [0.717, 1.165) is 17.9 Å². The highest BCUT2D eigenvalue weighted by atomic mass is 16.5. The normalized spacial score (nSPS) is 12.1. The molecule has 18 heavy (non-hydrogen) atoms. The van der Waals surface area contributed by atoms with Gasteiger partial charge in [0.05, 0.1) is 18.5 Å². The Hall–Kier alpha value is -1.87. The Morgan fingerprint density at radius 2 is 1.94 bits per heavy atom. The van der Waals surface area contributed by atoms with Crippen LogP contribution in [-0.2, 0) is 6.42 Å². The first kappa shape index (κ1) is 12.6. The number of ether oxygens (including phenoxy) is 1. The lowest BCUT2D eigenvalue weighted by molar-refractivity contribution is 0.320. The lowest BCUT2D eigenvalue weighted by Gasteiger charge is -2.08. The monoisotopic (exact) mass is 242 g/mol. The average Bonchev–Trinajstić information content (AvgIpc) is 2.40. The smallest absolute Gasteiger partial charge is 0.137 e. The van der Waals surface area contributed by atoms with Crippen molar-refractivity contribution in [3.63, 3.8) is 0 Å². The largest absolute Gasteiger partial charge is 0.492 e. The Labute approximate surface area is 108 Å². The van der Waals surface area contributed by atoms with Gasteiger partial charge in [-0.3, -0.25) is 4.98 Å². The maximum absolute atomic E-state index is 5.74. The van der Waals surface area contributed by atoms with Gasteiger partial charge in [0.1, 0.15) is 5.75 Å². The van der Waals surface area contributed by atoms with Crippen molar-refractivity contribution in [3.05, 3.63) is 59.9 Å². The number of benzene rings is 1. The zero-order chi connectivity index (χ0) is 12.8. The molecule has 1 aromatic heterocycles. The summed E-state index contributed by atoms with van der Waals surface area (Å²) >= 11 is 0. The Bertz CT molecular complexity index is 466. The summed E-state index contributed by atoms with van der Waals surface area (Å²) in [4.78, 5) is 4.25. The maximum Gasteiger partial charge on any atom is 0.137 e. The van der Waals surface area contributed by atoms with Gasteiger partial charge in [0.25, 0.3) is 0 Å². The minimum absolute atomic E-state index is 0.0385. The van der Waals surface area contributed by atoms with Gasteiger partial charge < -0.3 is 10.5 Å². The van der Waals surface area contributed by atoms with Gasteiger partial charge in [-0.25, -0.2) is 0 Å². The molecule has 0 radical (unpaired) electrons. The molecule has 0 saturated heterocycles. The van der Waals surface area contributed by atoms with Crippen molar-refractivity contribution in [1.29, 1.82) is 0 Å². The molecule has 0 amide bonds. The second kappa shape index (κ2) is 6.17. The summed E-state index contributed by atoms with van der Waals surface area (Å²) in [7, 11) is 0. The van der Waals surface area contributed by atoms with Crippen LogP contribution < -0.4 is 10.5 Å². The predicted molar refractivity (Wildman–Crippen MR) is 72.5 cm³/mol. The van der Waals surface area contributed by atoms with Gasteiger partial charge >= 0.3 is 0 Å². The van der Waals surface area contributed by atoms with Crippen molar-refractivity contribution in [3.8, 4) is 5.75 Å². The molecule has 3 heteroatoms. The fraction of sp³-hybridized carbons (Fsp3) is 0.267. The van der Waals surface area contributed by atoms with Gasteiger partial charge in [0.2, 0.25) is 0 Å². The van der Waals surface area contributed by atoms with Crippen molar-refractivity contribution in [2.75, 3.05) is 6.61 Å². The maximum atomic E-state index is 5.74. The van der Waals surface area contributed by atoms with Gasteiger partial charge in [0, 0.05) is 12.5 Å². The highest BCUT2D eigenvalue weighted by Crippen LogP contribution is 2.13. The fourth-order valence-corrected chi connectivity index (χ4v) is 1.68. The van der Waals surface area contributed by atoms with Crippen molar-refractivity contribution < 1.29 is 4.74 Å². The number of pyridine rings is 1. The van der Waals surface area contributed by atoms with E-state index in [1.54, 1.807) is 6.20 Å². The van der Waals surface area contributed by atoms with Gasteiger partial charge in [-0.15, -0.1) is 0 Å². The molecular weight excluding hydrogens is 224 g/mol. The Balaban J connectivity index is 1.83. The first-order valence-electron chi connectivity index (χ1n) is 6.14. The molecule has 0 fully saturated rings. The molecule has 94 valence electrons. The van der Waals surface area contributed by atoms with E-state index in [0.29, 0.717) is 6.61 Å². The van der Waals surface area contributed by atoms with E-state index in [2.05, 4.69) is 17.1 Å². The number of aromatic nitrogens is 1. The molecule has 1 heterocycles. The molecule has 0 aliphatic heterocycles. The number of hydrogen-bond acceptors (Lipinski definition) is 3. The summed E-state index contributed by atoms with van der Waals surface area (Å²) in [5.41, 5.74) is 7.89. The number of hydrogen-bond donors (Lipinski definition) is 1. The minimum atomic E-state index is -0.0385. The Kier molecular flexibility index (Phi) is 4.31. The summed E-state index contributed by atoms with van der Waals surface area (Å²) in [5, 5.41) is 0. The van der Waals surface area contributed by atoms with Crippen LogP contribution >= 0.6 is 0 Å². The predicted octanol–water partition coefficient (Wildman–Crippen LogP) is 2.72.